The van der Waals surface area contributed by atoms with E-state index < -0.39 is 0 Å². The Morgan fingerprint density at radius 1 is 1.25 bits per heavy atom. The largest absolute Gasteiger partial charge is 0.378 e. The Morgan fingerprint density at radius 3 is 3.04 bits per heavy atom. The second-order valence-electron chi connectivity index (χ2n) is 6.78. The summed E-state index contributed by atoms with van der Waals surface area (Å²) in [5.41, 5.74) is 5.20. The van der Waals surface area contributed by atoms with E-state index in [4.69, 9.17) is 9.26 Å². The lowest BCUT2D eigenvalue weighted by atomic mass is 10.1. The molecule has 0 radical (unpaired) electrons. The van der Waals surface area contributed by atoms with Crippen molar-refractivity contribution >= 4 is 33.5 Å². The predicted molar refractivity (Wildman–Crippen MR) is 106 cm³/mol. The lowest BCUT2D eigenvalue weighted by Crippen LogP contribution is -2.35. The van der Waals surface area contributed by atoms with Crippen LogP contribution in [0.25, 0.3) is 22.0 Å². The summed E-state index contributed by atoms with van der Waals surface area (Å²) in [5, 5.41) is 15.8. The number of hydrogen-bond donors (Lipinski definition) is 2. The maximum absolute atomic E-state index is 5.57. The van der Waals surface area contributed by atoms with Gasteiger partial charge >= 0.3 is 0 Å². The molecule has 28 heavy (non-hydrogen) atoms. The molecule has 4 heterocycles. The minimum Gasteiger partial charge on any atom is -0.378 e. The first-order valence-corrected chi connectivity index (χ1v) is 9.23. The number of allylic oxidation sites excluding steroid dienone is 1. The zero-order valence-corrected chi connectivity index (χ0v) is 15.3. The molecule has 4 aromatic rings. The number of rotatable bonds is 5. The fourth-order valence-corrected chi connectivity index (χ4v) is 3.46. The van der Waals surface area contributed by atoms with E-state index in [1.807, 2.05) is 30.3 Å². The fraction of sp³-hybridized carbons (Fsp3) is 0.250. The summed E-state index contributed by atoms with van der Waals surface area (Å²) in [4.78, 5) is 6.61. The summed E-state index contributed by atoms with van der Waals surface area (Å²) >= 11 is 0. The van der Waals surface area contributed by atoms with E-state index >= 15 is 0 Å². The Hall–Kier alpha value is -3.39. The summed E-state index contributed by atoms with van der Waals surface area (Å²) in [5.74, 6) is 0.676. The maximum atomic E-state index is 5.57. The van der Waals surface area contributed by atoms with E-state index in [2.05, 4.69) is 37.1 Å². The predicted octanol–water partition coefficient (Wildman–Crippen LogP) is 3.23. The summed E-state index contributed by atoms with van der Waals surface area (Å²) < 4.78 is 11.0. The van der Waals surface area contributed by atoms with Crippen molar-refractivity contribution in [1.29, 1.82) is 0 Å². The molecule has 1 aliphatic rings. The third-order valence-electron chi connectivity index (χ3n) is 4.96. The number of H-pyrrole nitrogens is 1. The number of aromatic nitrogens is 4. The highest BCUT2D eigenvalue weighted by Crippen LogP contribution is 2.27. The lowest BCUT2D eigenvalue weighted by molar-refractivity contribution is 0.0528. The number of fused-ring (bicyclic) bond motifs is 2. The van der Waals surface area contributed by atoms with Gasteiger partial charge in [0, 0.05) is 48.5 Å². The van der Waals surface area contributed by atoms with Gasteiger partial charge in [0.05, 0.1) is 24.4 Å². The average Bonchev–Trinajstić information content (AvgIpc) is 3.33. The van der Waals surface area contributed by atoms with E-state index in [9.17, 15) is 0 Å². The van der Waals surface area contributed by atoms with Gasteiger partial charge in [-0.3, -0.25) is 10.1 Å². The molecular weight excluding hydrogens is 356 g/mol. The number of aromatic amines is 1. The molecule has 142 valence electrons. The van der Waals surface area contributed by atoms with E-state index in [1.54, 1.807) is 6.20 Å². The molecule has 0 aliphatic carbocycles. The smallest absolute Gasteiger partial charge is 0.178 e. The molecular formula is C20H20N6O2. The molecule has 0 spiro atoms. The molecule has 2 N–H and O–H groups in total. The van der Waals surface area contributed by atoms with E-state index in [1.165, 1.54) is 0 Å². The van der Waals surface area contributed by atoms with Crippen molar-refractivity contribution in [2.24, 2.45) is 0 Å². The molecule has 5 rings (SSSR count). The van der Waals surface area contributed by atoms with Crippen molar-refractivity contribution in [3.63, 3.8) is 0 Å². The molecule has 0 unspecified atom stereocenters. The minimum atomic E-state index is 0.660. The number of pyridine rings is 1. The topological polar surface area (TPSA) is 92.1 Å². The van der Waals surface area contributed by atoms with E-state index in [0.717, 1.165) is 65.4 Å². The molecule has 0 saturated carbocycles. The van der Waals surface area contributed by atoms with Crippen LogP contribution in [0.5, 0.6) is 0 Å². The Labute approximate surface area is 161 Å². The summed E-state index contributed by atoms with van der Waals surface area (Å²) in [6, 6.07) is 9.74. The van der Waals surface area contributed by atoms with Gasteiger partial charge in [0.1, 0.15) is 5.52 Å². The molecule has 8 heteroatoms. The number of benzene rings is 1. The van der Waals surface area contributed by atoms with Crippen molar-refractivity contribution in [2.45, 2.75) is 6.42 Å². The van der Waals surface area contributed by atoms with Crippen molar-refractivity contribution in [2.75, 3.05) is 31.6 Å². The van der Waals surface area contributed by atoms with Gasteiger partial charge in [-0.05, 0) is 24.3 Å². The fourth-order valence-electron chi connectivity index (χ4n) is 3.46. The highest BCUT2D eigenvalue weighted by Gasteiger charge is 2.16. The number of hydrogen-bond acceptors (Lipinski definition) is 7. The molecule has 0 bridgehead atoms. The Morgan fingerprint density at radius 2 is 2.14 bits per heavy atom. The lowest BCUT2D eigenvalue weighted by Gasteiger charge is -2.30. The Bertz CT molecular complexity index is 1140. The minimum absolute atomic E-state index is 0.660. The Kier molecular flexibility index (Phi) is 4.17. The van der Waals surface area contributed by atoms with Gasteiger partial charge in [-0.25, -0.2) is 0 Å². The van der Waals surface area contributed by atoms with Crippen LogP contribution in [0.15, 0.2) is 53.3 Å². The quantitative estimate of drug-likeness (QED) is 0.552. The third kappa shape index (κ3) is 3.07. The van der Waals surface area contributed by atoms with Crippen LogP contribution >= 0.6 is 0 Å². The van der Waals surface area contributed by atoms with Crippen LogP contribution in [-0.4, -0.2) is 51.5 Å². The zero-order valence-electron chi connectivity index (χ0n) is 15.3. The van der Waals surface area contributed by atoms with Crippen LogP contribution in [0.3, 0.4) is 0 Å². The summed E-state index contributed by atoms with van der Waals surface area (Å²) in [6.07, 6.45) is 2.41. The van der Waals surface area contributed by atoms with Crippen LogP contribution in [0.2, 0.25) is 0 Å². The van der Waals surface area contributed by atoms with E-state index in [0.29, 0.717) is 12.2 Å². The second-order valence-corrected chi connectivity index (χ2v) is 6.78. The zero-order chi connectivity index (χ0) is 18.9. The molecule has 3 aromatic heterocycles. The SMILES string of the molecule is C=C(Cc1noc2cc(Nc3n[nH]c4cccnc34)ccc12)N1CCOCC1. The second kappa shape index (κ2) is 6.97. The highest BCUT2D eigenvalue weighted by molar-refractivity contribution is 5.89. The van der Waals surface area contributed by atoms with Gasteiger partial charge < -0.3 is 19.5 Å². The first-order chi connectivity index (χ1) is 13.8. The molecule has 8 nitrogen and oxygen atoms in total. The molecule has 0 atom stereocenters. The number of nitrogens with zero attached hydrogens (tertiary/aromatic N) is 4. The van der Waals surface area contributed by atoms with Gasteiger partial charge in [0.15, 0.2) is 11.4 Å². The maximum Gasteiger partial charge on any atom is 0.178 e. The normalized spacial score (nSPS) is 14.6. The molecule has 1 aromatic carbocycles. The van der Waals surface area contributed by atoms with Crippen molar-refractivity contribution < 1.29 is 9.26 Å². The van der Waals surface area contributed by atoms with Crippen molar-refractivity contribution in [3.8, 4) is 0 Å². The summed E-state index contributed by atoms with van der Waals surface area (Å²) in [6.45, 7) is 7.43. The number of anilines is 2. The number of nitrogens with one attached hydrogen (secondary N) is 2. The Balaban J connectivity index is 1.36. The van der Waals surface area contributed by atoms with Crippen LogP contribution < -0.4 is 5.32 Å². The molecule has 0 amide bonds. The van der Waals surface area contributed by atoms with Crippen molar-refractivity contribution in [1.82, 2.24) is 25.2 Å². The van der Waals surface area contributed by atoms with Gasteiger partial charge in [-0.1, -0.05) is 11.7 Å². The number of morpholine rings is 1. The first kappa shape index (κ1) is 16.8. The number of ether oxygens (including phenoxy) is 1. The van der Waals surface area contributed by atoms with Gasteiger partial charge in [0.25, 0.3) is 0 Å². The van der Waals surface area contributed by atoms with E-state index in [-0.39, 0.29) is 0 Å². The molecule has 1 saturated heterocycles. The molecule has 1 fully saturated rings. The van der Waals surface area contributed by atoms with Gasteiger partial charge in [-0.2, -0.15) is 5.10 Å². The van der Waals surface area contributed by atoms with Crippen molar-refractivity contribution in [3.05, 3.63) is 54.5 Å². The van der Waals surface area contributed by atoms with Crippen LogP contribution in [0.4, 0.5) is 11.5 Å². The first-order valence-electron chi connectivity index (χ1n) is 9.23. The standard InChI is InChI=1S/C20H20N6O2/c1-13(26-7-9-27-10-8-26)11-17-15-5-4-14(12-18(15)28-25-17)22-20-19-16(23-24-20)3-2-6-21-19/h2-6,12H,1,7-11H2,(H2,22,23,24). The van der Waals surface area contributed by atoms with Gasteiger partial charge in [0.2, 0.25) is 0 Å². The monoisotopic (exact) mass is 376 g/mol. The molecule has 1 aliphatic heterocycles. The van der Waals surface area contributed by atoms with Crippen LogP contribution in [-0.2, 0) is 11.2 Å². The van der Waals surface area contributed by atoms with Gasteiger partial charge in [-0.15, -0.1) is 0 Å². The highest BCUT2D eigenvalue weighted by atomic mass is 16.5. The van der Waals surface area contributed by atoms with Crippen LogP contribution in [0, 0.1) is 0 Å². The van der Waals surface area contributed by atoms with Crippen LogP contribution in [0.1, 0.15) is 5.69 Å². The summed E-state index contributed by atoms with van der Waals surface area (Å²) in [7, 11) is 0. The third-order valence-corrected chi connectivity index (χ3v) is 4.96. The average molecular weight is 376 g/mol.